The van der Waals surface area contributed by atoms with E-state index in [0.29, 0.717) is 28.2 Å². The van der Waals surface area contributed by atoms with Crippen LogP contribution in [0.25, 0.3) is 11.2 Å². The number of halogens is 1. The molecular formula is C50H75IN11O12+. The molecule has 2 aromatic heterocycles. The topological polar surface area (TPSA) is 320 Å². The number of carbonyl (C=O) groups is 7. The average Bonchev–Trinajstić information content (AvgIpc) is 3.94. The highest BCUT2D eigenvalue weighted by Crippen LogP contribution is 2.43. The first-order chi connectivity index (χ1) is 35.2. The minimum absolute atomic E-state index is 0.0975. The lowest BCUT2D eigenvalue weighted by Crippen LogP contribution is -2.67. The maximum atomic E-state index is 13.3. The van der Waals surface area contributed by atoms with E-state index in [4.69, 9.17) is 9.47 Å². The average molecular weight is 1150 g/mol. The summed E-state index contributed by atoms with van der Waals surface area (Å²) in [6, 6.07) is 2.02. The number of hydrogen-bond acceptors (Lipinski definition) is 15. The van der Waals surface area contributed by atoms with Crippen LogP contribution in [0.5, 0.6) is 0 Å². The SMILES string of the molecule is CCCCC(I)(CC)C1CC(=O)N(CCC(=O)N[C@H](C(=O)N[C@@H](C)C(=O)Nc2ccc(COC(=O)N[C@H](C)C(=O)N[C@@H]3[C@@H](O)[C@H](O)[C@@H](Nc4ncnc5c4[nH]c[n+]5C(CC)CCC)O[C@H]3CO)cc2)C(C)C)C1=O. The number of aromatic amines is 1. The predicted molar refractivity (Wildman–Crippen MR) is 280 cm³/mol. The minimum Gasteiger partial charge on any atom is -0.445 e. The summed E-state index contributed by atoms with van der Waals surface area (Å²) in [6.45, 7) is 13.7. The summed E-state index contributed by atoms with van der Waals surface area (Å²) in [4.78, 5) is 105. The van der Waals surface area contributed by atoms with Gasteiger partial charge in [-0.15, -0.1) is 0 Å². The van der Waals surface area contributed by atoms with Crippen LogP contribution in [0, 0.1) is 11.8 Å². The van der Waals surface area contributed by atoms with Gasteiger partial charge in [-0.3, -0.25) is 38.7 Å². The molecule has 74 heavy (non-hydrogen) atoms. The lowest BCUT2D eigenvalue weighted by molar-refractivity contribution is -0.701. The molecule has 0 spiro atoms. The van der Waals surface area contributed by atoms with Gasteiger partial charge in [0.2, 0.25) is 41.0 Å². The predicted octanol–water partition coefficient (Wildman–Crippen LogP) is 2.77. The van der Waals surface area contributed by atoms with Crippen molar-refractivity contribution in [3.8, 4) is 0 Å². The van der Waals surface area contributed by atoms with Crippen LogP contribution in [-0.4, -0.2) is 142 Å². The highest BCUT2D eigenvalue weighted by Gasteiger charge is 2.49. The smallest absolute Gasteiger partial charge is 0.408 e. The van der Waals surface area contributed by atoms with E-state index in [-0.39, 0.29) is 53.2 Å². The van der Waals surface area contributed by atoms with Crippen LogP contribution in [-0.2, 0) is 44.8 Å². The molecular weight excluding hydrogens is 1070 g/mol. The zero-order valence-electron chi connectivity index (χ0n) is 43.5. The van der Waals surface area contributed by atoms with Gasteiger partial charge < -0.3 is 56.7 Å². The van der Waals surface area contributed by atoms with Crippen molar-refractivity contribution in [1.82, 2.24) is 41.1 Å². The van der Waals surface area contributed by atoms with Gasteiger partial charge in [0.25, 0.3) is 0 Å². The van der Waals surface area contributed by atoms with Gasteiger partial charge in [0, 0.05) is 28.5 Å². The van der Waals surface area contributed by atoms with Gasteiger partial charge in [0.1, 0.15) is 43.0 Å². The number of rotatable bonds is 26. The molecule has 408 valence electrons. The molecule has 7 amide bonds. The summed E-state index contributed by atoms with van der Waals surface area (Å²) in [7, 11) is 0. The lowest BCUT2D eigenvalue weighted by Gasteiger charge is -2.43. The summed E-state index contributed by atoms with van der Waals surface area (Å²) >= 11 is 2.32. The fourth-order valence-electron chi connectivity index (χ4n) is 9.12. The first-order valence-electron chi connectivity index (χ1n) is 25.6. The monoisotopic (exact) mass is 1150 g/mol. The Bertz CT molecular complexity index is 2420. The van der Waals surface area contributed by atoms with E-state index < -0.39 is 91.0 Å². The molecule has 3 aromatic rings. The number of hydrogen-bond donors (Lipinski definition) is 10. The first kappa shape index (κ1) is 59.3. The molecule has 0 radical (unpaired) electrons. The summed E-state index contributed by atoms with van der Waals surface area (Å²) in [6.07, 6.45) is 2.82. The number of aliphatic hydroxyl groups is 3. The number of carbonyl (C=O) groups excluding carboxylic acids is 7. The first-order valence-corrected chi connectivity index (χ1v) is 26.7. The van der Waals surface area contributed by atoms with Gasteiger partial charge in [0.15, 0.2) is 24.7 Å². The molecule has 2 saturated heterocycles. The van der Waals surface area contributed by atoms with Crippen LogP contribution in [0.15, 0.2) is 36.9 Å². The maximum absolute atomic E-state index is 13.3. The van der Waals surface area contributed by atoms with E-state index >= 15 is 0 Å². The van der Waals surface area contributed by atoms with Gasteiger partial charge in [-0.05, 0) is 63.1 Å². The zero-order chi connectivity index (χ0) is 54.4. The van der Waals surface area contributed by atoms with Crippen LogP contribution in [0.1, 0.15) is 125 Å². The van der Waals surface area contributed by atoms with Crippen molar-refractivity contribution >= 4 is 86.8 Å². The number of aliphatic hydroxyl groups excluding tert-OH is 3. The Balaban J connectivity index is 1.04. The van der Waals surface area contributed by atoms with E-state index in [1.165, 1.54) is 20.2 Å². The summed E-state index contributed by atoms with van der Waals surface area (Å²) < 4.78 is 12.9. The number of H-pyrrole nitrogens is 1. The third-order valence-corrected chi connectivity index (χ3v) is 15.8. The Morgan fingerprint density at radius 2 is 1.65 bits per heavy atom. The number of alkyl carbamates (subject to hydrolysis) is 1. The molecule has 1 aromatic carbocycles. The Hall–Kier alpha value is -5.57. The molecule has 5 rings (SSSR count). The van der Waals surface area contributed by atoms with E-state index in [0.717, 1.165) is 49.8 Å². The molecule has 2 aliphatic heterocycles. The Morgan fingerprint density at radius 3 is 2.28 bits per heavy atom. The Kier molecular flexibility index (Phi) is 21.9. The van der Waals surface area contributed by atoms with Gasteiger partial charge >= 0.3 is 11.7 Å². The van der Waals surface area contributed by atoms with Crippen molar-refractivity contribution in [2.45, 2.75) is 178 Å². The number of nitrogens with zero attached hydrogens (tertiary/aromatic N) is 4. The van der Waals surface area contributed by atoms with Crippen LogP contribution in [0.2, 0.25) is 0 Å². The zero-order valence-corrected chi connectivity index (χ0v) is 45.6. The van der Waals surface area contributed by atoms with E-state index in [1.807, 2.05) is 11.5 Å². The van der Waals surface area contributed by atoms with Crippen LogP contribution >= 0.6 is 22.6 Å². The third-order valence-electron chi connectivity index (χ3n) is 13.7. The molecule has 2 fully saturated rings. The largest absolute Gasteiger partial charge is 0.445 e. The van der Waals surface area contributed by atoms with Crippen LogP contribution < -0.4 is 36.5 Å². The normalized spacial score (nSPS) is 22.3. The summed E-state index contributed by atoms with van der Waals surface area (Å²) in [5.41, 5.74) is 2.08. The molecule has 2 aliphatic rings. The summed E-state index contributed by atoms with van der Waals surface area (Å²) in [5.74, 6) is -3.52. The van der Waals surface area contributed by atoms with E-state index in [9.17, 15) is 48.9 Å². The Labute approximate surface area is 445 Å². The standard InChI is InChI=1S/C50H74IN11O12/c1-9-13-20-50(51,12-4)33-22-36(65)61(48(33)71)21-19-35(64)58-37(27(5)6)46(70)55-28(7)44(68)57-31-17-15-30(16-18-31)24-73-49(72)56-29(8)45(69)59-38-34(23-63)74-47(41(67)40(38)66)60-42-39-43(53-25-52-42)62(26-54-39)32(11-3)14-10-2/h15-18,25-29,32-34,37-38,40-41,47,63,66-67H,9-14,19-24H2,1-8H3,(H6,52,53,55,56,57,58,59,60,64,68,69,70,72)/p+1/t28-,29+,32?,33?,34-,37-,38-,40+,41-,47-,50?/m0/s1. The third kappa shape index (κ3) is 14.8. The van der Waals surface area contributed by atoms with E-state index in [1.54, 1.807) is 44.4 Å². The lowest BCUT2D eigenvalue weighted by atomic mass is 9.84. The minimum atomic E-state index is -1.61. The number of amides is 7. The van der Waals surface area contributed by atoms with Crippen LogP contribution in [0.4, 0.5) is 16.3 Å². The number of benzene rings is 1. The second-order valence-electron chi connectivity index (χ2n) is 19.4. The van der Waals surface area contributed by atoms with Crippen molar-refractivity contribution in [3.05, 3.63) is 42.5 Å². The van der Waals surface area contributed by atoms with Crippen molar-refractivity contribution in [3.63, 3.8) is 0 Å². The number of likely N-dealkylation sites (tertiary alicyclic amines) is 1. The van der Waals surface area contributed by atoms with Gasteiger partial charge in [0.05, 0.1) is 24.6 Å². The summed E-state index contributed by atoms with van der Waals surface area (Å²) in [5, 5.41) is 48.5. The molecule has 11 atom stereocenters. The second-order valence-corrected chi connectivity index (χ2v) is 21.6. The Morgan fingerprint density at radius 1 is 0.946 bits per heavy atom. The van der Waals surface area contributed by atoms with E-state index in [2.05, 4.69) is 90.2 Å². The van der Waals surface area contributed by atoms with Crippen molar-refractivity contribution in [1.29, 1.82) is 0 Å². The fourth-order valence-corrected chi connectivity index (χ4v) is 9.99. The number of nitrogens with one attached hydrogen (secondary N) is 7. The quantitative estimate of drug-likeness (QED) is 0.0239. The number of anilines is 2. The molecule has 4 heterocycles. The van der Waals surface area contributed by atoms with Crippen molar-refractivity contribution in [2.75, 3.05) is 23.8 Å². The van der Waals surface area contributed by atoms with Crippen molar-refractivity contribution in [2.24, 2.45) is 11.8 Å². The van der Waals surface area contributed by atoms with Crippen molar-refractivity contribution < 1.29 is 62.9 Å². The highest BCUT2D eigenvalue weighted by molar-refractivity contribution is 14.1. The highest BCUT2D eigenvalue weighted by atomic mass is 127. The maximum Gasteiger partial charge on any atom is 0.408 e. The number of fused-ring (bicyclic) bond motifs is 1. The molecule has 0 saturated carbocycles. The number of aromatic nitrogens is 4. The van der Waals surface area contributed by atoms with Gasteiger partial charge in [-0.2, -0.15) is 4.98 Å². The number of imidazole rings is 1. The fraction of sp³-hybridized carbons (Fsp3) is 0.640. The van der Waals surface area contributed by atoms with Crippen LogP contribution in [0.3, 0.4) is 0 Å². The van der Waals surface area contributed by atoms with Gasteiger partial charge in [-0.1, -0.05) is 101 Å². The number of imide groups is 1. The molecule has 0 bridgehead atoms. The molecule has 10 N–H and O–H groups in total. The molecule has 24 heteroatoms. The molecule has 0 aliphatic carbocycles. The number of unbranched alkanes of at least 4 members (excludes halogenated alkanes) is 1. The van der Waals surface area contributed by atoms with Gasteiger partial charge in [-0.25, -0.2) is 9.36 Å². The second kappa shape index (κ2) is 27.3. The number of alkyl halides is 1. The molecule has 23 nitrogen and oxygen atoms in total. The number of ether oxygens (including phenoxy) is 2. The molecule has 3 unspecified atom stereocenters.